The number of carbonyl (C=O) groups excluding carboxylic acids is 4. The minimum Gasteiger partial charge on any atom is -0.222 e. The molecule has 0 aliphatic heterocycles. The molecule has 0 aliphatic rings. The van der Waals surface area contributed by atoms with E-state index in [1.54, 1.807) is 0 Å². The van der Waals surface area contributed by atoms with Crippen LogP contribution in [0.3, 0.4) is 0 Å². The van der Waals surface area contributed by atoms with Gasteiger partial charge >= 0.3 is 0 Å². The fourth-order valence-electron chi connectivity index (χ4n) is 0.385. The van der Waals surface area contributed by atoms with Gasteiger partial charge in [0, 0.05) is 0 Å². The smallest absolute Gasteiger partial charge is 0.222 e. The van der Waals surface area contributed by atoms with Gasteiger partial charge in [0.1, 0.15) is 0 Å². The maximum Gasteiger partial charge on any atom is 0.231 e. The second kappa shape index (κ2) is 61.3. The molecule has 8 nitrogen and oxygen atoms in total. The van der Waals surface area contributed by atoms with Crippen molar-refractivity contribution in [3.63, 3.8) is 0 Å². The molecule has 0 spiro atoms. The highest BCUT2D eigenvalue weighted by Crippen LogP contribution is 1.79. The molecule has 1 aromatic carbocycles. The van der Waals surface area contributed by atoms with Crippen molar-refractivity contribution in [2.24, 2.45) is 0 Å². The van der Waals surface area contributed by atoms with E-state index in [1.807, 2.05) is 36.4 Å². The Kier molecular flexibility index (Phi) is 95.6. The van der Waals surface area contributed by atoms with Gasteiger partial charge in [-0.15, -0.1) is 0 Å². The third-order valence-corrected chi connectivity index (χ3v) is 0.667. The Morgan fingerprint density at radius 2 is 0.526 bits per heavy atom. The highest BCUT2D eigenvalue weighted by atomic mass is 16.1. The predicted molar refractivity (Wildman–Crippen MR) is 66.8 cm³/mol. The Balaban J connectivity index is -0.0000000449. The molecule has 1 aromatic rings. The van der Waals surface area contributed by atoms with E-state index in [1.165, 1.54) is 0 Å². The number of benzene rings is 1. The summed E-state index contributed by atoms with van der Waals surface area (Å²) in [4.78, 5) is 33.4. The van der Waals surface area contributed by atoms with Gasteiger partial charge in [0.15, 0.2) is 0 Å². The Morgan fingerprint density at radius 3 is 0.579 bits per heavy atom. The quantitative estimate of drug-likeness (QED) is 0.416. The summed E-state index contributed by atoms with van der Waals surface area (Å²) >= 11 is 0. The fraction of sp³-hybridized carbons (Fsp3) is 0.0909. The molecule has 0 heterocycles. The van der Waals surface area contributed by atoms with Gasteiger partial charge < -0.3 is 0 Å². The van der Waals surface area contributed by atoms with Gasteiger partial charge in [-0.1, -0.05) is 43.8 Å². The van der Waals surface area contributed by atoms with Crippen molar-refractivity contribution in [2.75, 3.05) is 0 Å². The first-order valence-electron chi connectivity index (χ1n) is 3.82. The van der Waals surface area contributed by atoms with Crippen LogP contribution in [0.2, 0.25) is 0 Å². The molecule has 0 bridgehead atoms. The molecular weight excluding hydrogens is 252 g/mol. The van der Waals surface area contributed by atoms with E-state index in [2.05, 4.69) is 0 Å². The summed E-state index contributed by atoms with van der Waals surface area (Å²) in [5.74, 6) is 0. The Labute approximate surface area is 110 Å². The molecule has 19 heavy (non-hydrogen) atoms. The van der Waals surface area contributed by atoms with Crippen molar-refractivity contribution in [2.45, 2.75) is 7.43 Å². The summed E-state index contributed by atoms with van der Waals surface area (Å²) < 4.78 is 0. The topological polar surface area (TPSA) is 164 Å². The Hall–Kier alpha value is -3.26. The molecule has 0 atom stereocenters. The Morgan fingerprint density at radius 1 is 0.474 bits per heavy atom. The molecule has 0 radical (unpaired) electrons. The Bertz CT molecular complexity index is 308. The van der Waals surface area contributed by atoms with Gasteiger partial charge in [-0.2, -0.15) is 0 Å². The van der Waals surface area contributed by atoms with Crippen LogP contribution in [0.25, 0.3) is 0 Å². The van der Waals surface area contributed by atoms with E-state index in [0.29, 0.717) is 0 Å². The lowest BCUT2D eigenvalue weighted by Crippen LogP contribution is -1.47. The van der Waals surface area contributed by atoms with Gasteiger partial charge in [0.2, 0.25) is 24.3 Å². The summed E-state index contributed by atoms with van der Waals surface area (Å²) in [5.41, 5.74) is 0. The first-order valence-corrected chi connectivity index (χ1v) is 3.82. The lowest BCUT2D eigenvalue weighted by molar-refractivity contribution is 0.562. The average Bonchev–Trinajstić information content (AvgIpc) is 2.35. The minimum atomic E-state index is 0. The lowest BCUT2D eigenvalue weighted by atomic mass is 10.4. The number of hydrogen-bond acceptors (Lipinski definition) is 8. The van der Waals surface area contributed by atoms with Crippen LogP contribution in [-0.4, -0.2) is 24.3 Å². The van der Waals surface area contributed by atoms with Crippen LogP contribution in [0.5, 0.6) is 0 Å². The standard InChI is InChI=1S/C6H6.4CHNO.CH4/c1-2-4-6-5-3-1;4*2-1-3;/h1-6H;4*2H;1H4. The van der Waals surface area contributed by atoms with Gasteiger partial charge in [-0.25, -0.2) is 40.8 Å². The van der Waals surface area contributed by atoms with Crippen molar-refractivity contribution in [3.05, 3.63) is 36.4 Å². The van der Waals surface area contributed by atoms with Gasteiger partial charge in [0.05, 0.1) is 0 Å². The van der Waals surface area contributed by atoms with Crippen LogP contribution in [0.1, 0.15) is 7.43 Å². The van der Waals surface area contributed by atoms with E-state index in [-0.39, 0.29) is 7.43 Å². The highest BCUT2D eigenvalue weighted by molar-refractivity contribution is 5.26. The van der Waals surface area contributed by atoms with Crippen LogP contribution >= 0.6 is 0 Å². The predicted octanol–water partition coefficient (Wildman–Crippen LogP) is 1.93. The molecular formula is C11H14N4O4. The fourth-order valence-corrected chi connectivity index (χ4v) is 0.385. The summed E-state index contributed by atoms with van der Waals surface area (Å²) in [6.07, 6.45) is 3.00. The molecule has 0 saturated carbocycles. The van der Waals surface area contributed by atoms with Crippen molar-refractivity contribution in [1.82, 2.24) is 0 Å². The monoisotopic (exact) mass is 266 g/mol. The van der Waals surface area contributed by atoms with Crippen LogP contribution < -0.4 is 0 Å². The zero-order valence-electron chi connectivity index (χ0n) is 9.10. The maximum absolute atomic E-state index is 8.35. The largest absolute Gasteiger partial charge is 0.231 e. The molecule has 4 N–H and O–H groups in total. The first kappa shape index (κ1) is 29.6. The van der Waals surface area contributed by atoms with E-state index < -0.39 is 0 Å². The van der Waals surface area contributed by atoms with Crippen LogP contribution in [0.15, 0.2) is 36.4 Å². The van der Waals surface area contributed by atoms with Crippen LogP contribution in [-0.2, 0) is 19.2 Å². The van der Waals surface area contributed by atoms with Crippen LogP contribution in [0, 0.1) is 21.6 Å². The third kappa shape index (κ3) is 319. The van der Waals surface area contributed by atoms with Crippen molar-refractivity contribution >= 4 is 24.3 Å². The normalized spacial score (nSPS) is 4.21. The molecule has 0 fully saturated rings. The van der Waals surface area contributed by atoms with Gasteiger partial charge in [-0.05, 0) is 0 Å². The highest BCUT2D eigenvalue weighted by Gasteiger charge is 1.57. The average molecular weight is 266 g/mol. The number of hydrogen-bond donors (Lipinski definition) is 4. The minimum absolute atomic E-state index is 0. The summed E-state index contributed by atoms with van der Waals surface area (Å²) in [6.45, 7) is 0. The zero-order chi connectivity index (χ0) is 15.1. The molecule has 0 saturated heterocycles. The molecule has 1 rings (SSSR count). The number of nitrogens with one attached hydrogen (secondary N) is 4. The molecule has 0 unspecified atom stereocenters. The van der Waals surface area contributed by atoms with Crippen molar-refractivity contribution < 1.29 is 19.2 Å². The number of rotatable bonds is 0. The summed E-state index contributed by atoms with van der Waals surface area (Å²) in [6, 6.07) is 12.0. The van der Waals surface area contributed by atoms with Gasteiger partial charge in [0.25, 0.3) is 0 Å². The van der Waals surface area contributed by atoms with Crippen molar-refractivity contribution in [1.29, 1.82) is 21.6 Å². The lowest BCUT2D eigenvalue weighted by Gasteiger charge is -1.69. The van der Waals surface area contributed by atoms with E-state index in [9.17, 15) is 0 Å². The molecule has 0 amide bonds. The second-order valence-electron chi connectivity index (χ2n) is 1.56. The van der Waals surface area contributed by atoms with E-state index in [0.717, 1.165) is 24.3 Å². The van der Waals surface area contributed by atoms with Gasteiger partial charge in [-0.3, -0.25) is 0 Å². The molecule has 102 valence electrons. The first-order chi connectivity index (χ1) is 8.66. The van der Waals surface area contributed by atoms with E-state index >= 15 is 0 Å². The summed E-state index contributed by atoms with van der Waals surface area (Å²) in [7, 11) is 0. The zero-order valence-corrected chi connectivity index (χ0v) is 9.10. The second-order valence-corrected chi connectivity index (χ2v) is 1.56. The molecule has 0 aromatic heterocycles. The molecule has 0 aliphatic carbocycles. The molecule has 8 heteroatoms. The van der Waals surface area contributed by atoms with Crippen molar-refractivity contribution in [3.8, 4) is 0 Å². The van der Waals surface area contributed by atoms with E-state index in [4.69, 9.17) is 40.8 Å². The SMILES string of the molecule is C.N=C=O.N=C=O.N=C=O.N=C=O.c1ccccc1. The van der Waals surface area contributed by atoms with Crippen LogP contribution in [0.4, 0.5) is 0 Å². The summed E-state index contributed by atoms with van der Waals surface area (Å²) in [5, 5.41) is 21.6. The maximum atomic E-state index is 8.35. The number of isocyanates is 4. The third-order valence-electron chi connectivity index (χ3n) is 0.667.